The number of ether oxygens (including phenoxy) is 3. The summed E-state index contributed by atoms with van der Waals surface area (Å²) in [6.45, 7) is 2.27. The molecule has 0 aliphatic heterocycles. The molecule has 0 radical (unpaired) electrons. The topological polar surface area (TPSA) is 231 Å². The van der Waals surface area contributed by atoms with Crippen LogP contribution in [0.15, 0.2) is 207 Å². The van der Waals surface area contributed by atoms with Crippen molar-refractivity contribution in [3.63, 3.8) is 0 Å². The molecule has 0 aliphatic carbocycles. The Morgan fingerprint density at radius 2 is 0.450 bits per heavy atom. The molecule has 0 bridgehead atoms. The van der Waals surface area contributed by atoms with Crippen molar-refractivity contribution in [1.29, 1.82) is 0 Å². The van der Waals surface area contributed by atoms with E-state index in [4.69, 9.17) is 32.3 Å². The first-order chi connectivity index (χ1) is 54.2. The highest BCUT2D eigenvalue weighted by Gasteiger charge is 2.29. The summed E-state index contributed by atoms with van der Waals surface area (Å²) in [5.41, 5.74) is 0. The molecule has 0 aromatic rings. The van der Waals surface area contributed by atoms with Crippen molar-refractivity contribution in [3.8, 4) is 0 Å². The first-order valence-electron chi connectivity index (χ1n) is 42.4. The number of carbonyl (C=O) groups is 3. The number of aliphatic hydroxyl groups is 2. The Morgan fingerprint density at radius 3 is 0.730 bits per heavy atom. The standard InChI is InChI=1S/C93H150O16P2/c1-4-7-10-13-16-19-22-25-28-31-34-37-39-41-43-45-47-50-52-55-58-61-64-67-70-73-76-79-91(96)103-82-88(94)83-105-110(99,100)106-84-89(95)85-107-111(101,102)108-87-90(109-93(98)81-78-75-72-69-66-63-60-57-54-49-36-33-30-27-24-21-18-15-12-9-6-3)86-104-92(97)80-77-74-71-68-65-62-59-56-53-51-48-46-44-42-40-38-35-32-29-26-23-20-17-14-11-8-5-2/h7-12,16-21,25-30,34-38,41-44,47,49-50,57,60,66,69,88-90,94-95H,4-6,13-15,22-24,31-33,39-40,45-46,48,51-56,58-59,61-65,67-68,70-87H2,1-3H3,(H,99,100)(H,101,102)/b10-7-,11-8-,12-9-,19-16-,20-17-,21-18-,28-25-,29-26-,30-27-,37-34-,38-35-,43-41-,44-42-,49-36-,50-47-,60-57-,69-66-. The van der Waals surface area contributed by atoms with Gasteiger partial charge in [0, 0.05) is 19.3 Å². The van der Waals surface area contributed by atoms with E-state index < -0.39 is 91.5 Å². The smallest absolute Gasteiger partial charge is 0.463 e. The maximum Gasteiger partial charge on any atom is 0.472 e. The van der Waals surface area contributed by atoms with Crippen LogP contribution in [-0.4, -0.2) is 95.9 Å². The largest absolute Gasteiger partial charge is 0.472 e. The minimum atomic E-state index is -4.96. The van der Waals surface area contributed by atoms with E-state index in [1.165, 1.54) is 57.8 Å². The highest BCUT2D eigenvalue weighted by Crippen LogP contribution is 2.45. The van der Waals surface area contributed by atoms with Crippen molar-refractivity contribution in [1.82, 2.24) is 0 Å². The van der Waals surface area contributed by atoms with Crippen LogP contribution in [0.2, 0.25) is 0 Å². The van der Waals surface area contributed by atoms with Crippen LogP contribution in [0.5, 0.6) is 0 Å². The Labute approximate surface area is 673 Å². The number of phosphoric acid groups is 2. The molecule has 111 heavy (non-hydrogen) atoms. The molecule has 0 saturated heterocycles. The molecule has 0 fully saturated rings. The lowest BCUT2D eigenvalue weighted by molar-refractivity contribution is -0.161. The number of unbranched alkanes of at least 4 members (excludes halogenated alkanes) is 21. The van der Waals surface area contributed by atoms with Gasteiger partial charge in [-0.2, -0.15) is 0 Å². The molecule has 0 amide bonds. The molecule has 4 N–H and O–H groups in total. The third-order valence-electron chi connectivity index (χ3n) is 17.0. The van der Waals surface area contributed by atoms with Crippen molar-refractivity contribution in [3.05, 3.63) is 207 Å². The van der Waals surface area contributed by atoms with Crippen LogP contribution in [0.1, 0.15) is 303 Å². The van der Waals surface area contributed by atoms with Crippen LogP contribution >= 0.6 is 15.6 Å². The van der Waals surface area contributed by atoms with Crippen LogP contribution in [0.3, 0.4) is 0 Å². The lowest BCUT2D eigenvalue weighted by atomic mass is 10.0. The molecule has 0 spiro atoms. The van der Waals surface area contributed by atoms with Crippen LogP contribution < -0.4 is 0 Å². The van der Waals surface area contributed by atoms with Gasteiger partial charge >= 0.3 is 33.6 Å². The Kier molecular flexibility index (Phi) is 79.1. The molecule has 0 aromatic carbocycles. The van der Waals surface area contributed by atoms with E-state index >= 15 is 0 Å². The lowest BCUT2D eigenvalue weighted by Gasteiger charge is -2.21. The molecule has 0 heterocycles. The van der Waals surface area contributed by atoms with Gasteiger partial charge < -0.3 is 34.2 Å². The van der Waals surface area contributed by atoms with E-state index in [-0.39, 0.29) is 19.3 Å². The summed E-state index contributed by atoms with van der Waals surface area (Å²) in [6, 6.07) is 0. The van der Waals surface area contributed by atoms with Crippen LogP contribution in [-0.2, 0) is 55.8 Å². The van der Waals surface area contributed by atoms with Crippen LogP contribution in [0.25, 0.3) is 0 Å². The van der Waals surface area contributed by atoms with E-state index in [1.807, 2.05) is 0 Å². The second kappa shape index (κ2) is 83.6. The molecule has 18 heteroatoms. The molecule has 0 aromatic heterocycles. The number of rotatable bonds is 78. The minimum Gasteiger partial charge on any atom is -0.463 e. The zero-order chi connectivity index (χ0) is 80.8. The van der Waals surface area contributed by atoms with Crippen molar-refractivity contribution in [2.24, 2.45) is 0 Å². The maximum absolute atomic E-state index is 13.0. The van der Waals surface area contributed by atoms with Gasteiger partial charge in [0.25, 0.3) is 0 Å². The van der Waals surface area contributed by atoms with Gasteiger partial charge in [-0.05, 0) is 167 Å². The molecule has 0 aliphatic rings. The first kappa shape index (κ1) is 105. The number of allylic oxidation sites excluding steroid dienone is 34. The van der Waals surface area contributed by atoms with Gasteiger partial charge in [0.2, 0.25) is 0 Å². The van der Waals surface area contributed by atoms with Gasteiger partial charge in [0.15, 0.2) is 6.10 Å². The predicted molar refractivity (Wildman–Crippen MR) is 463 cm³/mol. The Balaban J connectivity index is 4.72. The third-order valence-corrected chi connectivity index (χ3v) is 18.9. The summed E-state index contributed by atoms with van der Waals surface area (Å²) in [7, 11) is -9.84. The van der Waals surface area contributed by atoms with Gasteiger partial charge in [-0.25, -0.2) is 9.13 Å². The molecule has 16 nitrogen and oxygen atoms in total. The van der Waals surface area contributed by atoms with Crippen molar-refractivity contribution >= 4 is 33.6 Å². The van der Waals surface area contributed by atoms with Gasteiger partial charge in [0.05, 0.1) is 26.4 Å². The molecular formula is C93H150O16P2. The normalized spacial score (nSPS) is 14.9. The summed E-state index contributed by atoms with van der Waals surface area (Å²) >= 11 is 0. The zero-order valence-corrected chi connectivity index (χ0v) is 70.6. The van der Waals surface area contributed by atoms with E-state index in [0.29, 0.717) is 25.7 Å². The molecule has 5 unspecified atom stereocenters. The summed E-state index contributed by atoms with van der Waals surface area (Å²) in [5, 5.41) is 20.7. The summed E-state index contributed by atoms with van der Waals surface area (Å²) in [6.07, 6.45) is 111. The fourth-order valence-electron chi connectivity index (χ4n) is 10.7. The van der Waals surface area contributed by atoms with Crippen molar-refractivity contribution in [2.75, 3.05) is 39.6 Å². The van der Waals surface area contributed by atoms with Gasteiger partial charge in [-0.15, -0.1) is 0 Å². The van der Waals surface area contributed by atoms with E-state index in [1.54, 1.807) is 0 Å². The fraction of sp³-hybridized carbons (Fsp3) is 0.602. The fourth-order valence-corrected chi connectivity index (χ4v) is 12.2. The van der Waals surface area contributed by atoms with Gasteiger partial charge in [-0.3, -0.25) is 32.5 Å². The molecule has 5 atom stereocenters. The number of phosphoric ester groups is 2. The number of hydrogen-bond donors (Lipinski definition) is 4. The van der Waals surface area contributed by atoms with Crippen molar-refractivity contribution < 1.29 is 75.8 Å². The highest BCUT2D eigenvalue weighted by atomic mass is 31.2. The Hall–Kier alpha value is -5.87. The molecule has 0 saturated carbocycles. The number of esters is 3. The average molecular weight is 1590 g/mol. The molecule has 0 rings (SSSR count). The SMILES string of the molecule is CC/C=C\C/C=C\C/C=C\C/C=C\C/C=C\C/C=C\CCCCCCCCCCC(=O)OCC(O)COP(=O)(O)OCC(O)COP(=O)(O)OCC(COC(=O)CCCCCCCCCCCCC/C=C\C/C=C\C/C=C\C/C=C\C/C=C\CC)OC(=O)CCCC/C=C\C/C=C\C/C=C\C/C=C\C/C=C\C/C=C\CC. The van der Waals surface area contributed by atoms with Gasteiger partial charge in [0.1, 0.15) is 25.4 Å². The van der Waals surface area contributed by atoms with E-state index in [2.05, 4.69) is 227 Å². The molecular weight excluding hydrogens is 1430 g/mol. The molecule has 628 valence electrons. The number of hydrogen-bond acceptors (Lipinski definition) is 14. The lowest BCUT2D eigenvalue weighted by Crippen LogP contribution is -2.30. The second-order valence-electron chi connectivity index (χ2n) is 27.5. The Bertz CT molecular complexity index is 2850. The third kappa shape index (κ3) is 84.9. The minimum absolute atomic E-state index is 0.0408. The van der Waals surface area contributed by atoms with E-state index in [0.717, 1.165) is 180 Å². The zero-order valence-electron chi connectivity index (χ0n) is 68.8. The summed E-state index contributed by atoms with van der Waals surface area (Å²) < 4.78 is 61.3. The monoisotopic (exact) mass is 1590 g/mol. The summed E-state index contributed by atoms with van der Waals surface area (Å²) in [5.74, 6) is -1.65. The predicted octanol–water partition coefficient (Wildman–Crippen LogP) is 25.7. The van der Waals surface area contributed by atoms with Crippen molar-refractivity contribution in [2.45, 2.75) is 322 Å². The van der Waals surface area contributed by atoms with Crippen LogP contribution in [0.4, 0.5) is 0 Å². The summed E-state index contributed by atoms with van der Waals surface area (Å²) in [4.78, 5) is 58.9. The van der Waals surface area contributed by atoms with Gasteiger partial charge in [-0.1, -0.05) is 324 Å². The van der Waals surface area contributed by atoms with Crippen LogP contribution in [0, 0.1) is 0 Å². The average Bonchev–Trinajstić information content (AvgIpc) is 0.889. The quantitative estimate of drug-likeness (QED) is 0.0146. The number of carbonyl (C=O) groups excluding carboxylic acids is 3. The first-order valence-corrected chi connectivity index (χ1v) is 45.4. The maximum atomic E-state index is 13.0. The Morgan fingerprint density at radius 1 is 0.252 bits per heavy atom. The van der Waals surface area contributed by atoms with E-state index in [9.17, 15) is 43.5 Å². The second-order valence-corrected chi connectivity index (χ2v) is 30.4. The highest BCUT2D eigenvalue weighted by molar-refractivity contribution is 7.47. The number of aliphatic hydroxyl groups excluding tert-OH is 2.